The zero-order valence-corrected chi connectivity index (χ0v) is 20.7. The lowest BCUT2D eigenvalue weighted by molar-refractivity contribution is -0.241. The van der Waals surface area contributed by atoms with Crippen molar-refractivity contribution < 1.29 is 29.1 Å². The number of hydroxylamine groups is 2. The van der Waals surface area contributed by atoms with Crippen molar-refractivity contribution in [1.29, 1.82) is 0 Å². The molecule has 10 heteroatoms. The first kappa shape index (κ1) is 27.7. The Morgan fingerprint density at radius 1 is 1.32 bits per heavy atom. The van der Waals surface area contributed by atoms with E-state index in [1.165, 1.54) is 23.9 Å². The van der Waals surface area contributed by atoms with Crippen LogP contribution in [-0.2, 0) is 25.8 Å². The molecule has 2 amide bonds. The highest BCUT2D eigenvalue weighted by atomic mass is 16.7. The lowest BCUT2D eigenvalue weighted by Gasteiger charge is -2.50. The number of aliphatic hydroxyl groups is 1. The van der Waals surface area contributed by atoms with E-state index in [4.69, 9.17) is 9.57 Å². The third kappa shape index (κ3) is 6.32. The Bertz CT molecular complexity index is 829. The molecule has 2 aliphatic heterocycles. The number of benzene rings is 1. The fraction of sp³-hybridized carbons (Fsp3) is 0.625. The molecule has 4 atom stereocenters. The molecule has 0 aromatic heterocycles. The van der Waals surface area contributed by atoms with Crippen LogP contribution in [0.15, 0.2) is 30.3 Å². The van der Waals surface area contributed by atoms with E-state index < -0.39 is 29.4 Å². The third-order valence-corrected chi connectivity index (χ3v) is 5.82. The average molecular weight is 479 g/mol. The quantitative estimate of drug-likeness (QED) is 0.375. The van der Waals surface area contributed by atoms with Crippen molar-refractivity contribution in [3.8, 4) is 0 Å². The maximum Gasteiger partial charge on any atom is 0.411 e. The molecule has 3 rings (SSSR count). The van der Waals surface area contributed by atoms with Crippen molar-refractivity contribution in [3.05, 3.63) is 35.9 Å². The Balaban J connectivity index is 0.00000199. The van der Waals surface area contributed by atoms with Crippen LogP contribution < -0.4 is 11.1 Å². The molecular weight excluding hydrogens is 440 g/mol. The van der Waals surface area contributed by atoms with Gasteiger partial charge in [0.25, 0.3) is 5.91 Å². The molecule has 4 N–H and O–H groups in total. The molecule has 34 heavy (non-hydrogen) atoms. The van der Waals surface area contributed by atoms with Crippen molar-refractivity contribution in [2.24, 2.45) is 5.73 Å². The summed E-state index contributed by atoms with van der Waals surface area (Å²) >= 11 is 0. The maximum atomic E-state index is 13.2. The second kappa shape index (κ2) is 11.7. The molecule has 4 unspecified atom stereocenters. The molecule has 0 aliphatic carbocycles. The summed E-state index contributed by atoms with van der Waals surface area (Å²) in [6.45, 7) is 7.61. The van der Waals surface area contributed by atoms with Crippen LogP contribution >= 0.6 is 0 Å². The van der Waals surface area contributed by atoms with Crippen molar-refractivity contribution in [2.75, 3.05) is 20.1 Å². The van der Waals surface area contributed by atoms with Gasteiger partial charge in [-0.2, -0.15) is 0 Å². The van der Waals surface area contributed by atoms with Crippen molar-refractivity contribution >= 4 is 18.3 Å². The number of amides is 2. The molecule has 190 valence electrons. The Labute approximate surface area is 201 Å². The monoisotopic (exact) mass is 478 g/mol. The minimum atomic E-state index is -1.02. The zero-order chi connectivity index (χ0) is 25.5. The number of ether oxygens (including phenoxy) is 1. The largest absolute Gasteiger partial charge is 0.444 e. The number of hydrogen-bond donors (Lipinski definition) is 3. The molecule has 1 aromatic carbocycles. The number of carbonyl (C=O) groups is 3. The van der Waals surface area contributed by atoms with Crippen LogP contribution in [0.2, 0.25) is 0 Å². The van der Waals surface area contributed by atoms with Gasteiger partial charge in [-0.05, 0) is 53.1 Å². The Morgan fingerprint density at radius 3 is 2.50 bits per heavy atom. The number of aliphatic hydroxyl groups excluding tert-OH is 1. The highest BCUT2D eigenvalue weighted by Crippen LogP contribution is 2.43. The topological polar surface area (TPSA) is 134 Å². The third-order valence-electron chi connectivity index (χ3n) is 5.82. The van der Waals surface area contributed by atoms with Crippen LogP contribution in [0.1, 0.15) is 46.1 Å². The van der Waals surface area contributed by atoms with Crippen LogP contribution in [0, 0.1) is 0 Å². The highest BCUT2D eigenvalue weighted by molar-refractivity contribution is 5.95. The highest BCUT2D eigenvalue weighted by Gasteiger charge is 2.64. The van der Waals surface area contributed by atoms with Crippen molar-refractivity contribution in [2.45, 2.75) is 76.5 Å². The molecule has 0 radical (unpaired) electrons. The van der Waals surface area contributed by atoms with E-state index in [1.807, 2.05) is 30.3 Å². The maximum absolute atomic E-state index is 13.2. The van der Waals surface area contributed by atoms with Gasteiger partial charge in [0.05, 0.1) is 18.7 Å². The van der Waals surface area contributed by atoms with Gasteiger partial charge in [-0.1, -0.05) is 30.3 Å². The van der Waals surface area contributed by atoms with Gasteiger partial charge in [0, 0.05) is 12.6 Å². The molecule has 2 aliphatic rings. The first-order valence-corrected chi connectivity index (χ1v) is 11.5. The smallest absolute Gasteiger partial charge is 0.411 e. The standard InChI is InChI=1S/C23H33N3O6.CH5N/c1-16(28)19(13-27)24-12-18-10-11-23(26(18)21(30)32-22(2,3)4)15-25(20(23)29)31-14-17-8-6-5-7-9-17;1-2/h5-9,13,16,18-19,24,28H,10-12,14-15H2,1-4H3;2H2,1H3. The molecule has 2 heterocycles. The summed E-state index contributed by atoms with van der Waals surface area (Å²) in [5.41, 5.74) is 3.70. The summed E-state index contributed by atoms with van der Waals surface area (Å²) in [4.78, 5) is 44.7. The number of nitrogens with two attached hydrogens (primary N) is 1. The Morgan fingerprint density at radius 2 is 1.97 bits per heavy atom. The minimum Gasteiger partial charge on any atom is -0.444 e. The second-order valence-electron chi connectivity index (χ2n) is 9.49. The number of rotatable bonds is 8. The molecule has 10 nitrogen and oxygen atoms in total. The number of nitrogens with one attached hydrogen (secondary N) is 1. The lowest BCUT2D eigenvalue weighted by atomic mass is 9.88. The minimum absolute atomic E-state index is 0.252. The molecule has 1 spiro atoms. The van der Waals surface area contributed by atoms with E-state index in [1.54, 1.807) is 20.8 Å². The fourth-order valence-corrected chi connectivity index (χ4v) is 4.15. The van der Waals surface area contributed by atoms with Crippen molar-refractivity contribution in [3.63, 3.8) is 0 Å². The Kier molecular flexibility index (Phi) is 9.57. The van der Waals surface area contributed by atoms with Crippen LogP contribution in [0.4, 0.5) is 4.79 Å². The van der Waals surface area contributed by atoms with Crippen LogP contribution in [0.3, 0.4) is 0 Å². The molecule has 2 saturated heterocycles. The number of nitrogens with zero attached hydrogens (tertiary/aromatic N) is 2. The van der Waals surface area contributed by atoms with E-state index in [-0.39, 0.29) is 31.6 Å². The molecule has 2 fully saturated rings. The van der Waals surface area contributed by atoms with Gasteiger partial charge in [0.15, 0.2) is 0 Å². The first-order chi connectivity index (χ1) is 16.1. The van der Waals surface area contributed by atoms with Gasteiger partial charge in [0.1, 0.15) is 24.0 Å². The number of β-lactam (4-membered cyclic amide) rings is 1. The summed E-state index contributed by atoms with van der Waals surface area (Å²) < 4.78 is 5.61. The van der Waals surface area contributed by atoms with Gasteiger partial charge in [-0.25, -0.2) is 9.86 Å². The molecule has 0 bridgehead atoms. The summed E-state index contributed by atoms with van der Waals surface area (Å²) in [6, 6.07) is 8.42. The van der Waals surface area contributed by atoms with Gasteiger partial charge in [-0.15, -0.1) is 0 Å². The van der Waals surface area contributed by atoms with E-state index in [9.17, 15) is 19.5 Å². The summed E-state index contributed by atoms with van der Waals surface area (Å²) in [6.07, 6.45) is 0.238. The lowest BCUT2D eigenvalue weighted by Crippen LogP contribution is -2.74. The predicted molar refractivity (Wildman–Crippen MR) is 126 cm³/mol. The predicted octanol–water partition coefficient (Wildman–Crippen LogP) is 1.21. The zero-order valence-electron chi connectivity index (χ0n) is 20.7. The summed E-state index contributed by atoms with van der Waals surface area (Å²) in [5, 5.41) is 14.0. The van der Waals surface area contributed by atoms with Crippen LogP contribution in [0.5, 0.6) is 0 Å². The number of aldehydes is 1. The molecule has 1 aromatic rings. The van der Waals surface area contributed by atoms with Gasteiger partial charge >= 0.3 is 6.09 Å². The van der Waals surface area contributed by atoms with E-state index in [2.05, 4.69) is 11.1 Å². The van der Waals surface area contributed by atoms with E-state index in [0.29, 0.717) is 19.1 Å². The van der Waals surface area contributed by atoms with Crippen LogP contribution in [-0.4, -0.2) is 82.8 Å². The van der Waals surface area contributed by atoms with E-state index in [0.717, 1.165) is 5.56 Å². The molecular formula is C24H38N4O6. The normalized spacial score (nSPS) is 23.6. The van der Waals surface area contributed by atoms with Gasteiger partial charge < -0.3 is 25.7 Å². The summed E-state index contributed by atoms with van der Waals surface area (Å²) in [5.74, 6) is -0.274. The van der Waals surface area contributed by atoms with Gasteiger partial charge in [0.2, 0.25) is 0 Å². The fourth-order valence-electron chi connectivity index (χ4n) is 4.15. The molecule has 0 saturated carbocycles. The Hall–Kier alpha value is -2.53. The van der Waals surface area contributed by atoms with Crippen LogP contribution in [0.25, 0.3) is 0 Å². The number of carbonyl (C=O) groups excluding carboxylic acids is 3. The first-order valence-electron chi connectivity index (χ1n) is 11.5. The second-order valence-corrected chi connectivity index (χ2v) is 9.49. The average Bonchev–Trinajstić information content (AvgIpc) is 3.19. The summed E-state index contributed by atoms with van der Waals surface area (Å²) in [7, 11) is 1.50. The SMILES string of the molecule is CC(O)C(C=O)NCC1CCC2(CN(OCc3ccccc3)C2=O)N1C(=O)OC(C)(C)C.CN. The van der Waals surface area contributed by atoms with E-state index >= 15 is 0 Å². The van der Waals surface area contributed by atoms with Gasteiger partial charge in [-0.3, -0.25) is 14.5 Å². The number of hydrogen-bond acceptors (Lipinski definition) is 8. The number of likely N-dealkylation sites (tertiary alicyclic amines) is 1. The van der Waals surface area contributed by atoms with Crippen molar-refractivity contribution in [1.82, 2.24) is 15.3 Å².